The molecule has 0 spiro atoms. The van der Waals surface area contributed by atoms with Crippen LogP contribution >= 0.6 is 0 Å². The standard InChI is InChI=1S/C11H19F3N2O3/c1-9(19-8-11(12,13)14)10(17)15-2-3-16-4-6-18-7-5-16/h9H,2-8H2,1H3,(H,15,17). The Bertz CT molecular complexity index is 281. The molecular formula is C11H19F3N2O3. The van der Waals surface area contributed by atoms with Gasteiger partial charge in [0.15, 0.2) is 0 Å². The molecular weight excluding hydrogens is 265 g/mol. The number of nitrogens with one attached hydrogen (secondary N) is 1. The molecule has 0 aliphatic carbocycles. The van der Waals surface area contributed by atoms with Gasteiger partial charge in [-0.3, -0.25) is 9.69 Å². The normalized spacial score (nSPS) is 19.2. The van der Waals surface area contributed by atoms with Crippen LogP contribution in [0.25, 0.3) is 0 Å². The van der Waals surface area contributed by atoms with Gasteiger partial charge < -0.3 is 14.8 Å². The van der Waals surface area contributed by atoms with Gasteiger partial charge in [-0.05, 0) is 6.92 Å². The minimum Gasteiger partial charge on any atom is -0.379 e. The molecule has 1 heterocycles. The highest BCUT2D eigenvalue weighted by Crippen LogP contribution is 2.15. The summed E-state index contributed by atoms with van der Waals surface area (Å²) in [6.45, 7) is 3.87. The Hall–Kier alpha value is -0.860. The summed E-state index contributed by atoms with van der Waals surface area (Å²) in [6.07, 6.45) is -5.52. The maximum Gasteiger partial charge on any atom is 0.411 e. The molecule has 1 N–H and O–H groups in total. The maximum absolute atomic E-state index is 11.9. The van der Waals surface area contributed by atoms with Crippen molar-refractivity contribution in [1.29, 1.82) is 0 Å². The topological polar surface area (TPSA) is 50.8 Å². The summed E-state index contributed by atoms with van der Waals surface area (Å²) in [6, 6.07) is 0. The summed E-state index contributed by atoms with van der Waals surface area (Å²) in [5.74, 6) is -0.530. The molecule has 1 saturated heterocycles. The fourth-order valence-corrected chi connectivity index (χ4v) is 1.60. The first-order chi connectivity index (χ1) is 8.88. The molecule has 0 aromatic carbocycles. The van der Waals surface area contributed by atoms with E-state index >= 15 is 0 Å². The van der Waals surface area contributed by atoms with Gasteiger partial charge in [0.05, 0.1) is 13.2 Å². The summed E-state index contributed by atoms with van der Waals surface area (Å²) in [4.78, 5) is 13.6. The Balaban J connectivity index is 2.12. The number of hydrogen-bond acceptors (Lipinski definition) is 4. The predicted octanol–water partition coefficient (Wildman–Crippen LogP) is 0.402. The fraction of sp³-hybridized carbons (Fsp3) is 0.909. The van der Waals surface area contributed by atoms with Crippen LogP contribution in [0.5, 0.6) is 0 Å². The van der Waals surface area contributed by atoms with Crippen molar-refractivity contribution in [2.24, 2.45) is 0 Å². The first-order valence-electron chi connectivity index (χ1n) is 6.14. The smallest absolute Gasteiger partial charge is 0.379 e. The molecule has 8 heteroatoms. The third-order valence-corrected chi connectivity index (χ3v) is 2.70. The van der Waals surface area contributed by atoms with Crippen LogP contribution in [-0.2, 0) is 14.3 Å². The van der Waals surface area contributed by atoms with Gasteiger partial charge in [0.1, 0.15) is 12.7 Å². The van der Waals surface area contributed by atoms with Crippen molar-refractivity contribution in [3.63, 3.8) is 0 Å². The molecule has 1 aliphatic heterocycles. The third-order valence-electron chi connectivity index (χ3n) is 2.70. The lowest BCUT2D eigenvalue weighted by Crippen LogP contribution is -2.43. The van der Waals surface area contributed by atoms with Crippen molar-refractivity contribution in [3.05, 3.63) is 0 Å². The molecule has 1 amide bonds. The Morgan fingerprint density at radius 2 is 2.05 bits per heavy atom. The van der Waals surface area contributed by atoms with Gasteiger partial charge in [-0.1, -0.05) is 0 Å². The quantitative estimate of drug-likeness (QED) is 0.767. The number of nitrogens with zero attached hydrogens (tertiary/aromatic N) is 1. The van der Waals surface area contributed by atoms with E-state index < -0.39 is 24.8 Å². The van der Waals surface area contributed by atoms with Crippen molar-refractivity contribution in [2.45, 2.75) is 19.2 Å². The zero-order chi connectivity index (χ0) is 14.3. The predicted molar refractivity (Wildman–Crippen MR) is 61.7 cm³/mol. The van der Waals surface area contributed by atoms with Crippen molar-refractivity contribution >= 4 is 5.91 Å². The van der Waals surface area contributed by atoms with Crippen LogP contribution in [0.4, 0.5) is 13.2 Å². The Kier molecular flexibility index (Phi) is 6.53. The van der Waals surface area contributed by atoms with Gasteiger partial charge in [0.25, 0.3) is 0 Å². The monoisotopic (exact) mass is 284 g/mol. The molecule has 1 atom stereocenters. The van der Waals surface area contributed by atoms with Crippen LogP contribution in [0.2, 0.25) is 0 Å². The van der Waals surface area contributed by atoms with Gasteiger partial charge in [-0.2, -0.15) is 13.2 Å². The average Bonchev–Trinajstić information content (AvgIpc) is 2.36. The zero-order valence-electron chi connectivity index (χ0n) is 10.8. The second-order valence-electron chi connectivity index (χ2n) is 4.31. The Labute approximate surface area is 110 Å². The maximum atomic E-state index is 11.9. The van der Waals surface area contributed by atoms with Gasteiger partial charge in [-0.25, -0.2) is 0 Å². The van der Waals surface area contributed by atoms with E-state index in [2.05, 4.69) is 15.0 Å². The number of hydrogen-bond donors (Lipinski definition) is 1. The number of morpholine rings is 1. The largest absolute Gasteiger partial charge is 0.411 e. The van der Waals surface area contributed by atoms with E-state index in [1.54, 1.807) is 0 Å². The van der Waals surface area contributed by atoms with Crippen LogP contribution < -0.4 is 5.32 Å². The molecule has 0 aromatic heterocycles. The second-order valence-corrected chi connectivity index (χ2v) is 4.31. The van der Waals surface area contributed by atoms with Crippen LogP contribution in [0, 0.1) is 0 Å². The summed E-state index contributed by atoms with van der Waals surface area (Å²) >= 11 is 0. The number of amides is 1. The number of alkyl halides is 3. The molecule has 112 valence electrons. The third kappa shape index (κ3) is 7.34. The minimum atomic E-state index is -4.41. The SMILES string of the molecule is CC(OCC(F)(F)F)C(=O)NCCN1CCOCC1. The van der Waals surface area contributed by atoms with Gasteiger partial charge in [0, 0.05) is 26.2 Å². The Morgan fingerprint density at radius 3 is 2.63 bits per heavy atom. The number of rotatable bonds is 6. The second kappa shape index (κ2) is 7.66. The lowest BCUT2D eigenvalue weighted by atomic mass is 10.3. The van der Waals surface area contributed by atoms with E-state index in [1.807, 2.05) is 0 Å². The molecule has 1 unspecified atom stereocenters. The van der Waals surface area contributed by atoms with Crippen LogP contribution in [-0.4, -0.2) is 69.1 Å². The molecule has 0 radical (unpaired) electrons. The molecule has 0 aromatic rings. The van der Waals surface area contributed by atoms with Crippen LogP contribution in [0.3, 0.4) is 0 Å². The summed E-state index contributed by atoms with van der Waals surface area (Å²) in [5.41, 5.74) is 0. The minimum absolute atomic E-state index is 0.387. The fourth-order valence-electron chi connectivity index (χ4n) is 1.60. The zero-order valence-corrected chi connectivity index (χ0v) is 10.8. The lowest BCUT2D eigenvalue weighted by Gasteiger charge is -2.26. The van der Waals surface area contributed by atoms with Gasteiger partial charge in [-0.15, -0.1) is 0 Å². The number of ether oxygens (including phenoxy) is 2. The highest BCUT2D eigenvalue weighted by molar-refractivity contribution is 5.80. The summed E-state index contributed by atoms with van der Waals surface area (Å²) in [5, 5.41) is 2.55. The van der Waals surface area contributed by atoms with Gasteiger partial charge in [0.2, 0.25) is 5.91 Å². The number of halogens is 3. The molecule has 1 rings (SSSR count). The lowest BCUT2D eigenvalue weighted by molar-refractivity contribution is -0.185. The molecule has 5 nitrogen and oxygen atoms in total. The summed E-state index contributed by atoms with van der Waals surface area (Å²) < 4.78 is 45.3. The average molecular weight is 284 g/mol. The van der Waals surface area contributed by atoms with Gasteiger partial charge >= 0.3 is 6.18 Å². The van der Waals surface area contributed by atoms with E-state index in [4.69, 9.17) is 4.74 Å². The number of carbonyl (C=O) groups is 1. The molecule has 19 heavy (non-hydrogen) atoms. The van der Waals surface area contributed by atoms with Crippen LogP contribution in [0.15, 0.2) is 0 Å². The highest BCUT2D eigenvalue weighted by atomic mass is 19.4. The first kappa shape index (κ1) is 16.2. The van der Waals surface area contributed by atoms with E-state index in [1.165, 1.54) is 6.92 Å². The first-order valence-corrected chi connectivity index (χ1v) is 6.14. The van der Waals surface area contributed by atoms with E-state index in [-0.39, 0.29) is 0 Å². The van der Waals surface area contributed by atoms with Crippen molar-refractivity contribution in [3.8, 4) is 0 Å². The van der Waals surface area contributed by atoms with Crippen LogP contribution in [0.1, 0.15) is 6.92 Å². The summed E-state index contributed by atoms with van der Waals surface area (Å²) in [7, 11) is 0. The van der Waals surface area contributed by atoms with E-state index in [9.17, 15) is 18.0 Å². The number of carbonyl (C=O) groups excluding carboxylic acids is 1. The molecule has 0 bridgehead atoms. The van der Waals surface area contributed by atoms with E-state index in [0.717, 1.165) is 13.1 Å². The van der Waals surface area contributed by atoms with E-state index in [0.29, 0.717) is 26.3 Å². The Morgan fingerprint density at radius 1 is 1.42 bits per heavy atom. The van der Waals surface area contributed by atoms with Crippen molar-refractivity contribution < 1.29 is 27.4 Å². The molecule has 1 aliphatic rings. The van der Waals surface area contributed by atoms with Crippen molar-refractivity contribution in [2.75, 3.05) is 46.0 Å². The highest BCUT2D eigenvalue weighted by Gasteiger charge is 2.29. The molecule has 1 fully saturated rings. The molecule has 0 saturated carbocycles. The van der Waals surface area contributed by atoms with Crippen molar-refractivity contribution in [1.82, 2.24) is 10.2 Å².